The Kier molecular flexibility index (Phi) is 3.58. The maximum Gasteiger partial charge on any atom is 0.250 e. The summed E-state index contributed by atoms with van der Waals surface area (Å²) in [5.74, 6) is -5.80. The molecule has 1 aliphatic rings. The van der Waals surface area contributed by atoms with E-state index >= 15 is 0 Å². The van der Waals surface area contributed by atoms with Crippen molar-refractivity contribution in [3.05, 3.63) is 34.4 Å². The Hall–Kier alpha value is -0.770. The van der Waals surface area contributed by atoms with Crippen molar-refractivity contribution in [3.63, 3.8) is 0 Å². The molecule has 0 aliphatic heterocycles. The monoisotopic (exact) mass is 280 g/mol. The number of halogens is 5. The van der Waals surface area contributed by atoms with Gasteiger partial charge >= 0.3 is 0 Å². The summed E-state index contributed by atoms with van der Waals surface area (Å²) in [6, 6.07) is 2.38. The molecule has 2 rings (SSSR count). The topological polar surface area (TPSA) is 0 Å². The average molecular weight is 281 g/mol. The Bertz CT molecular complexity index is 459. The Labute approximate surface area is 108 Å². The van der Waals surface area contributed by atoms with Crippen molar-refractivity contribution >= 4 is 11.6 Å². The molecule has 1 aromatic rings. The fourth-order valence-electron chi connectivity index (χ4n) is 2.47. The molecule has 0 radical (unpaired) electrons. The zero-order chi connectivity index (χ0) is 13.5. The number of alkyl halides is 2. The predicted octanol–water partition coefficient (Wildman–Crippen LogP) is 5.16. The number of hydrogen-bond donors (Lipinski definition) is 0. The van der Waals surface area contributed by atoms with Crippen molar-refractivity contribution in [1.82, 2.24) is 0 Å². The van der Waals surface area contributed by atoms with Gasteiger partial charge in [-0.25, -0.2) is 17.6 Å². The van der Waals surface area contributed by atoms with Crippen LogP contribution in [0.3, 0.4) is 0 Å². The molecule has 1 aliphatic carbocycles. The first-order valence-electron chi connectivity index (χ1n) is 5.84. The summed E-state index contributed by atoms with van der Waals surface area (Å²) in [4.78, 5) is 0. The van der Waals surface area contributed by atoms with Crippen molar-refractivity contribution in [3.8, 4) is 0 Å². The first-order valence-corrected chi connectivity index (χ1v) is 6.22. The van der Waals surface area contributed by atoms with Gasteiger partial charge in [-0.3, -0.25) is 0 Å². The van der Waals surface area contributed by atoms with Crippen molar-refractivity contribution in [2.75, 3.05) is 0 Å². The zero-order valence-electron chi connectivity index (χ0n) is 9.82. The minimum absolute atomic E-state index is 0.234. The maximum absolute atomic E-state index is 13.4. The lowest BCUT2D eigenvalue weighted by Gasteiger charge is -2.34. The second-order valence-electron chi connectivity index (χ2n) is 4.90. The van der Waals surface area contributed by atoms with E-state index in [9.17, 15) is 17.6 Å². The normalized spacial score (nSPS) is 27.2. The molecule has 1 saturated carbocycles. The fraction of sp³-hybridized carbons (Fsp3) is 0.538. The molecule has 0 N–H and O–H groups in total. The van der Waals surface area contributed by atoms with Crippen molar-refractivity contribution in [2.45, 2.75) is 38.0 Å². The third-order valence-electron chi connectivity index (χ3n) is 3.69. The van der Waals surface area contributed by atoms with Gasteiger partial charge in [0.25, 0.3) is 5.92 Å². The highest BCUT2D eigenvalue weighted by molar-refractivity contribution is 6.31. The minimum atomic E-state index is -2.68. The molecule has 1 aromatic carbocycles. The molecule has 2 unspecified atom stereocenters. The van der Waals surface area contributed by atoms with E-state index < -0.39 is 23.5 Å². The van der Waals surface area contributed by atoms with Gasteiger partial charge in [0.2, 0.25) is 0 Å². The highest BCUT2D eigenvalue weighted by atomic mass is 35.5. The smallest absolute Gasteiger partial charge is 0.207 e. The van der Waals surface area contributed by atoms with Gasteiger partial charge in [0.15, 0.2) is 11.6 Å². The minimum Gasteiger partial charge on any atom is -0.207 e. The first kappa shape index (κ1) is 13.7. The molecule has 0 heterocycles. The van der Waals surface area contributed by atoms with Crippen LogP contribution in [-0.2, 0) is 0 Å². The number of rotatable bonds is 1. The van der Waals surface area contributed by atoms with Gasteiger partial charge in [0, 0.05) is 12.3 Å². The zero-order valence-corrected chi connectivity index (χ0v) is 10.6. The van der Waals surface area contributed by atoms with Crippen LogP contribution in [0.2, 0.25) is 5.02 Å². The van der Waals surface area contributed by atoms with Gasteiger partial charge < -0.3 is 0 Å². The van der Waals surface area contributed by atoms with E-state index in [0.717, 1.165) is 6.07 Å². The van der Waals surface area contributed by atoms with E-state index in [2.05, 4.69) is 0 Å². The Morgan fingerprint density at radius 2 is 1.94 bits per heavy atom. The average Bonchev–Trinajstić information content (AvgIpc) is 2.30. The SMILES string of the molecule is CC1CC(c2ccc(F)c(F)c2Cl)CCC1(F)F. The summed E-state index contributed by atoms with van der Waals surface area (Å²) in [6.45, 7) is 1.47. The highest BCUT2D eigenvalue weighted by Gasteiger charge is 2.42. The van der Waals surface area contributed by atoms with Gasteiger partial charge in [-0.05, 0) is 30.4 Å². The molecule has 0 amide bonds. The second-order valence-corrected chi connectivity index (χ2v) is 5.28. The molecule has 0 bridgehead atoms. The highest BCUT2D eigenvalue weighted by Crippen LogP contribution is 2.46. The van der Waals surface area contributed by atoms with Crippen LogP contribution in [-0.4, -0.2) is 5.92 Å². The van der Waals surface area contributed by atoms with Gasteiger partial charge in [-0.15, -0.1) is 0 Å². The molecule has 5 heteroatoms. The third-order valence-corrected chi connectivity index (χ3v) is 4.07. The van der Waals surface area contributed by atoms with Crippen LogP contribution in [0.4, 0.5) is 17.6 Å². The molecule has 18 heavy (non-hydrogen) atoms. The molecule has 100 valence electrons. The van der Waals surface area contributed by atoms with Crippen LogP contribution in [0, 0.1) is 17.6 Å². The van der Waals surface area contributed by atoms with E-state index in [4.69, 9.17) is 11.6 Å². The molecule has 0 nitrogen and oxygen atoms in total. The largest absolute Gasteiger partial charge is 0.250 e. The molecule has 1 fully saturated rings. The van der Waals surface area contributed by atoms with Gasteiger partial charge in [0.05, 0.1) is 5.02 Å². The summed E-state index contributed by atoms with van der Waals surface area (Å²) >= 11 is 5.75. The fourth-order valence-corrected chi connectivity index (χ4v) is 2.78. The van der Waals surface area contributed by atoms with Crippen molar-refractivity contribution in [2.24, 2.45) is 5.92 Å². The Morgan fingerprint density at radius 3 is 2.56 bits per heavy atom. The van der Waals surface area contributed by atoms with E-state index in [1.165, 1.54) is 13.0 Å². The molecule has 0 aromatic heterocycles. The van der Waals surface area contributed by atoms with E-state index in [-0.39, 0.29) is 30.2 Å². The first-order chi connectivity index (χ1) is 8.33. The lowest BCUT2D eigenvalue weighted by atomic mass is 9.76. The lowest BCUT2D eigenvalue weighted by molar-refractivity contribution is -0.0830. The van der Waals surface area contributed by atoms with Crippen LogP contribution < -0.4 is 0 Å². The lowest BCUT2D eigenvalue weighted by Crippen LogP contribution is -2.32. The molecular weight excluding hydrogens is 268 g/mol. The van der Waals surface area contributed by atoms with E-state index in [1.807, 2.05) is 0 Å². The molecule has 2 atom stereocenters. The predicted molar refractivity (Wildman–Crippen MR) is 62.1 cm³/mol. The van der Waals surface area contributed by atoms with Crippen LogP contribution in [0.15, 0.2) is 12.1 Å². The summed E-state index contributed by atoms with van der Waals surface area (Å²) in [6.07, 6.45) is 0.230. The van der Waals surface area contributed by atoms with Crippen molar-refractivity contribution in [1.29, 1.82) is 0 Å². The number of hydrogen-bond acceptors (Lipinski definition) is 0. The van der Waals surface area contributed by atoms with E-state index in [1.54, 1.807) is 0 Å². The third kappa shape index (κ3) is 2.35. The van der Waals surface area contributed by atoms with Crippen LogP contribution >= 0.6 is 11.6 Å². The molecular formula is C13H13ClF4. The Balaban J connectivity index is 2.27. The molecule has 0 saturated heterocycles. The van der Waals surface area contributed by atoms with Crippen LogP contribution in [0.5, 0.6) is 0 Å². The summed E-state index contributed by atoms with van der Waals surface area (Å²) in [5.41, 5.74) is 0.429. The van der Waals surface area contributed by atoms with Crippen LogP contribution in [0.25, 0.3) is 0 Å². The van der Waals surface area contributed by atoms with Gasteiger partial charge in [-0.1, -0.05) is 24.6 Å². The number of benzene rings is 1. The molecule has 0 spiro atoms. The summed E-state index contributed by atoms with van der Waals surface area (Å²) in [5, 5.41) is -0.280. The maximum atomic E-state index is 13.4. The quantitative estimate of drug-likeness (QED) is 0.492. The van der Waals surface area contributed by atoms with Crippen LogP contribution in [0.1, 0.15) is 37.7 Å². The van der Waals surface area contributed by atoms with Gasteiger partial charge in [-0.2, -0.15) is 0 Å². The van der Waals surface area contributed by atoms with Crippen molar-refractivity contribution < 1.29 is 17.6 Å². The summed E-state index contributed by atoms with van der Waals surface area (Å²) < 4.78 is 53.0. The van der Waals surface area contributed by atoms with E-state index in [0.29, 0.717) is 5.56 Å². The standard InChI is InChI=1S/C13H13ClF4/c1-7-6-8(4-5-13(7,17)18)9-2-3-10(15)12(16)11(9)14/h2-3,7-8H,4-6H2,1H3. The Morgan fingerprint density at radius 1 is 1.28 bits per heavy atom. The second kappa shape index (κ2) is 4.72. The van der Waals surface area contributed by atoms with Gasteiger partial charge in [0.1, 0.15) is 0 Å². The summed E-state index contributed by atoms with van der Waals surface area (Å²) in [7, 11) is 0.